The number of carbonyl (C=O) groups is 1. The van der Waals surface area contributed by atoms with E-state index in [1.165, 1.54) is 12.8 Å². The van der Waals surface area contributed by atoms with E-state index in [1.54, 1.807) is 0 Å². The van der Waals surface area contributed by atoms with Crippen molar-refractivity contribution in [2.24, 2.45) is 5.92 Å². The molecule has 4 aliphatic rings. The maximum atomic E-state index is 13.5. The molecule has 2 aromatic rings. The first-order valence-corrected chi connectivity index (χ1v) is 12.1. The van der Waals surface area contributed by atoms with Crippen LogP contribution in [0.4, 0.5) is 0 Å². The van der Waals surface area contributed by atoms with Crippen LogP contribution in [0.5, 0.6) is 0 Å². The fourth-order valence-corrected chi connectivity index (χ4v) is 6.78. The van der Waals surface area contributed by atoms with Gasteiger partial charge in [-0.15, -0.1) is 0 Å². The van der Waals surface area contributed by atoms with Gasteiger partial charge in [0.1, 0.15) is 5.78 Å². The largest absolute Gasteiger partial charge is 0.299 e. The van der Waals surface area contributed by atoms with E-state index in [2.05, 4.69) is 4.90 Å². The number of hydrogen-bond acceptors (Lipinski definition) is 2. The first kappa shape index (κ1) is 21.1. The number of ketones is 1. The van der Waals surface area contributed by atoms with Crippen molar-refractivity contribution in [2.45, 2.75) is 49.5 Å². The van der Waals surface area contributed by atoms with Crippen molar-refractivity contribution < 1.29 is 4.79 Å². The molecule has 0 aromatic heterocycles. The van der Waals surface area contributed by atoms with Crippen molar-refractivity contribution in [3.8, 4) is 0 Å². The quantitative estimate of drug-likeness (QED) is 0.454. The van der Waals surface area contributed by atoms with Gasteiger partial charge in [-0.3, -0.25) is 9.69 Å². The SMILES string of the molecule is O=C1CC2(N3CCCC3)CC(c3ccc(Cl)c(Cl)c3)C1C(c1ccc(Cl)c(Cl)c1)C2. The Bertz CT molecular complexity index is 939. The first-order chi connectivity index (χ1) is 14.4. The lowest BCUT2D eigenvalue weighted by atomic mass is 9.52. The summed E-state index contributed by atoms with van der Waals surface area (Å²) in [6.45, 7) is 2.14. The number of benzene rings is 2. The summed E-state index contributed by atoms with van der Waals surface area (Å²) in [4.78, 5) is 16.1. The van der Waals surface area contributed by atoms with E-state index >= 15 is 0 Å². The maximum Gasteiger partial charge on any atom is 0.139 e. The van der Waals surface area contributed by atoms with Crippen LogP contribution in [0.1, 0.15) is 55.1 Å². The zero-order valence-corrected chi connectivity index (χ0v) is 19.5. The lowest BCUT2D eigenvalue weighted by Gasteiger charge is -2.57. The third-order valence-electron chi connectivity index (χ3n) is 7.46. The number of rotatable bonds is 3. The molecule has 2 bridgehead atoms. The van der Waals surface area contributed by atoms with Gasteiger partial charge in [-0.05, 0) is 86.0 Å². The summed E-state index contributed by atoms with van der Waals surface area (Å²) in [5.74, 6) is 0.514. The summed E-state index contributed by atoms with van der Waals surface area (Å²) in [6.07, 6.45) is 5.02. The standard InChI is InChI=1S/C24H23Cl4NO/c25-18-5-3-14(9-20(18)27)16-11-24(29-7-1-2-8-29)12-17(23(16)22(30)13-24)15-4-6-19(26)21(28)10-15/h3-6,9-10,16-17,23H,1-2,7-8,11-13H2. The lowest BCUT2D eigenvalue weighted by Crippen LogP contribution is -2.60. The summed E-state index contributed by atoms with van der Waals surface area (Å²) < 4.78 is 0. The van der Waals surface area contributed by atoms with Gasteiger partial charge in [0.25, 0.3) is 0 Å². The monoisotopic (exact) mass is 481 g/mol. The van der Waals surface area contributed by atoms with E-state index in [0.717, 1.165) is 37.1 Å². The highest BCUT2D eigenvalue weighted by Crippen LogP contribution is 2.59. The Balaban J connectivity index is 1.62. The molecule has 2 atom stereocenters. The predicted molar refractivity (Wildman–Crippen MR) is 124 cm³/mol. The summed E-state index contributed by atoms with van der Waals surface area (Å²) >= 11 is 25.1. The van der Waals surface area contributed by atoms with Gasteiger partial charge in [0.15, 0.2) is 0 Å². The minimum absolute atomic E-state index is 0.0797. The molecule has 6 rings (SSSR count). The molecule has 0 amide bonds. The van der Waals surface area contributed by atoms with Crippen molar-refractivity contribution >= 4 is 52.2 Å². The minimum Gasteiger partial charge on any atom is -0.299 e. The molecule has 1 heterocycles. The number of hydrogen-bond donors (Lipinski definition) is 0. The molecule has 1 saturated heterocycles. The third kappa shape index (κ3) is 3.49. The van der Waals surface area contributed by atoms with E-state index in [9.17, 15) is 4.79 Å². The van der Waals surface area contributed by atoms with Crippen LogP contribution in [-0.4, -0.2) is 29.3 Å². The van der Waals surface area contributed by atoms with E-state index in [1.807, 2.05) is 36.4 Å². The first-order valence-electron chi connectivity index (χ1n) is 10.6. The second-order valence-corrected chi connectivity index (χ2v) is 10.7. The Kier molecular flexibility index (Phi) is 5.61. The molecule has 30 heavy (non-hydrogen) atoms. The molecule has 4 fully saturated rings. The fraction of sp³-hybridized carbons (Fsp3) is 0.458. The average Bonchev–Trinajstić information content (AvgIpc) is 3.27. The number of nitrogens with zero attached hydrogens (tertiary/aromatic N) is 1. The predicted octanol–water partition coefficient (Wildman–Crippen LogP) is 7.39. The van der Waals surface area contributed by atoms with Crippen molar-refractivity contribution in [2.75, 3.05) is 13.1 Å². The van der Waals surface area contributed by atoms with Crippen molar-refractivity contribution in [3.63, 3.8) is 0 Å². The summed E-state index contributed by atoms with van der Waals surface area (Å²) in [7, 11) is 0. The van der Waals surface area contributed by atoms with Crippen LogP contribution in [-0.2, 0) is 4.79 Å². The number of Topliss-reactive ketones (excluding diaryl/α,β-unsaturated/α-hetero) is 1. The van der Waals surface area contributed by atoms with Gasteiger partial charge in [-0.1, -0.05) is 58.5 Å². The molecule has 0 radical (unpaired) electrons. The summed E-state index contributed by atoms with van der Waals surface area (Å²) in [5, 5.41) is 2.18. The maximum absolute atomic E-state index is 13.5. The van der Waals surface area contributed by atoms with Gasteiger partial charge < -0.3 is 0 Å². The molecule has 158 valence electrons. The Morgan fingerprint density at radius 2 is 1.27 bits per heavy atom. The van der Waals surface area contributed by atoms with Crippen LogP contribution in [0.25, 0.3) is 0 Å². The van der Waals surface area contributed by atoms with Gasteiger partial charge in [0.05, 0.1) is 20.1 Å². The number of carbonyl (C=O) groups excluding carboxylic acids is 1. The third-order valence-corrected chi connectivity index (χ3v) is 8.94. The van der Waals surface area contributed by atoms with E-state index in [-0.39, 0.29) is 23.3 Å². The van der Waals surface area contributed by atoms with E-state index in [4.69, 9.17) is 46.4 Å². The highest BCUT2D eigenvalue weighted by molar-refractivity contribution is 6.42. The van der Waals surface area contributed by atoms with Crippen LogP contribution in [0.2, 0.25) is 20.1 Å². The lowest BCUT2D eigenvalue weighted by molar-refractivity contribution is -0.139. The Morgan fingerprint density at radius 3 is 1.73 bits per heavy atom. The Hall–Kier alpha value is -0.770. The van der Waals surface area contributed by atoms with Crippen LogP contribution in [0.15, 0.2) is 36.4 Å². The topological polar surface area (TPSA) is 20.3 Å². The summed E-state index contributed by atoms with van der Waals surface area (Å²) in [6, 6.07) is 11.7. The Labute approximate surface area is 197 Å². The second-order valence-electron chi connectivity index (χ2n) is 9.06. The molecule has 6 heteroatoms. The Morgan fingerprint density at radius 1 is 0.767 bits per heavy atom. The van der Waals surface area contributed by atoms with Crippen molar-refractivity contribution in [1.29, 1.82) is 0 Å². The number of halogens is 4. The van der Waals surface area contributed by atoms with Crippen LogP contribution in [0.3, 0.4) is 0 Å². The van der Waals surface area contributed by atoms with E-state index < -0.39 is 0 Å². The fourth-order valence-electron chi connectivity index (χ4n) is 6.17. The second kappa shape index (κ2) is 7.98. The molecule has 2 unspecified atom stereocenters. The zero-order valence-electron chi connectivity index (χ0n) is 16.5. The molecular formula is C24H23Cl4NO. The van der Waals surface area contributed by atoms with Crippen molar-refractivity contribution in [3.05, 3.63) is 67.6 Å². The molecular weight excluding hydrogens is 460 g/mol. The van der Waals surface area contributed by atoms with Gasteiger partial charge in [0.2, 0.25) is 0 Å². The smallest absolute Gasteiger partial charge is 0.139 e. The molecule has 0 N–H and O–H groups in total. The molecule has 3 saturated carbocycles. The number of fused-ring (bicyclic) bond motifs is 3. The van der Waals surface area contributed by atoms with Gasteiger partial charge in [0, 0.05) is 17.9 Å². The molecule has 2 aromatic carbocycles. The molecule has 3 aliphatic carbocycles. The molecule has 1 aliphatic heterocycles. The van der Waals surface area contributed by atoms with Crippen LogP contribution >= 0.6 is 46.4 Å². The zero-order chi connectivity index (χ0) is 21.0. The summed E-state index contributed by atoms with van der Waals surface area (Å²) in [5.41, 5.74) is 2.11. The van der Waals surface area contributed by atoms with Crippen LogP contribution in [0, 0.1) is 5.92 Å². The molecule has 0 spiro atoms. The normalized spacial score (nSPS) is 31.5. The molecule has 2 nitrogen and oxygen atoms in total. The average molecular weight is 483 g/mol. The van der Waals surface area contributed by atoms with Crippen molar-refractivity contribution in [1.82, 2.24) is 4.90 Å². The van der Waals surface area contributed by atoms with Gasteiger partial charge in [-0.25, -0.2) is 0 Å². The number of likely N-dealkylation sites (tertiary alicyclic amines) is 1. The minimum atomic E-state index is -0.101. The van der Waals surface area contributed by atoms with Gasteiger partial charge >= 0.3 is 0 Å². The van der Waals surface area contributed by atoms with Crippen LogP contribution < -0.4 is 0 Å². The van der Waals surface area contributed by atoms with Gasteiger partial charge in [-0.2, -0.15) is 0 Å². The highest BCUT2D eigenvalue weighted by atomic mass is 35.5. The van der Waals surface area contributed by atoms with E-state index in [0.29, 0.717) is 32.3 Å². The highest BCUT2D eigenvalue weighted by Gasteiger charge is 2.58.